The zero-order valence-corrected chi connectivity index (χ0v) is 6.84. The Balaban J connectivity index is 2.30. The third-order valence-electron chi connectivity index (χ3n) is 2.12. The van der Waals surface area contributed by atoms with E-state index in [-0.39, 0.29) is 11.9 Å². The van der Waals surface area contributed by atoms with Crippen molar-refractivity contribution in [2.75, 3.05) is 13.6 Å². The molecule has 1 fully saturated rings. The molecule has 1 aliphatic heterocycles. The summed E-state index contributed by atoms with van der Waals surface area (Å²) in [5, 5.41) is 4.35. The number of hydrogen-bond donors (Lipinski definition) is 2. The van der Waals surface area contributed by atoms with Crippen LogP contribution in [0.5, 0.6) is 0 Å². The molecule has 4 nitrogen and oxygen atoms in total. The van der Waals surface area contributed by atoms with Gasteiger partial charge >= 0.3 is 0 Å². The minimum atomic E-state index is 0.0763. The van der Waals surface area contributed by atoms with E-state index in [0.29, 0.717) is 6.42 Å². The fourth-order valence-electron chi connectivity index (χ4n) is 1.39. The molecule has 0 aromatic rings. The van der Waals surface area contributed by atoms with Gasteiger partial charge in [-0.3, -0.25) is 10.6 Å². The molecule has 0 radical (unpaired) electrons. The predicted octanol–water partition coefficient (Wildman–Crippen LogP) is -0.539. The Kier molecular flexibility index (Phi) is 2.84. The molecule has 1 saturated heterocycles. The number of carbonyl (C=O) groups excluding carboxylic acids is 1. The van der Waals surface area contributed by atoms with Gasteiger partial charge < -0.3 is 5.32 Å². The molecular weight excluding hydrogens is 142 g/mol. The van der Waals surface area contributed by atoms with Crippen LogP contribution in [0.1, 0.15) is 19.3 Å². The Labute approximate surface area is 66.7 Å². The molecule has 64 valence electrons. The molecule has 1 aliphatic rings. The molecule has 3 N–H and O–H groups in total. The van der Waals surface area contributed by atoms with Crippen molar-refractivity contribution >= 4 is 5.91 Å². The Hall–Kier alpha value is -0.610. The van der Waals surface area contributed by atoms with E-state index in [0.717, 1.165) is 19.4 Å². The third-order valence-corrected chi connectivity index (χ3v) is 2.12. The molecule has 0 spiro atoms. The van der Waals surface area contributed by atoms with Gasteiger partial charge in [-0.2, -0.15) is 0 Å². The molecular formula is C7H15N3O. The number of rotatable bonds is 2. The second kappa shape index (κ2) is 3.69. The van der Waals surface area contributed by atoms with Crippen LogP contribution >= 0.6 is 0 Å². The number of amides is 1. The van der Waals surface area contributed by atoms with Crippen LogP contribution in [-0.4, -0.2) is 30.6 Å². The maximum absolute atomic E-state index is 10.9. The molecule has 0 aliphatic carbocycles. The van der Waals surface area contributed by atoms with Crippen LogP contribution in [-0.2, 0) is 4.79 Å². The summed E-state index contributed by atoms with van der Waals surface area (Å²) in [6, 6.07) is 0.259. The molecule has 1 amide bonds. The number of nitrogens with one attached hydrogen (secondary N) is 1. The van der Waals surface area contributed by atoms with Gasteiger partial charge in [-0.15, -0.1) is 0 Å². The van der Waals surface area contributed by atoms with Crippen molar-refractivity contribution in [3.05, 3.63) is 0 Å². The highest BCUT2D eigenvalue weighted by atomic mass is 16.1. The Morgan fingerprint density at radius 2 is 2.55 bits per heavy atom. The van der Waals surface area contributed by atoms with Crippen molar-refractivity contribution in [2.45, 2.75) is 25.3 Å². The first-order chi connectivity index (χ1) is 5.24. The van der Waals surface area contributed by atoms with Crippen LogP contribution in [0.25, 0.3) is 0 Å². The van der Waals surface area contributed by atoms with Crippen molar-refractivity contribution in [2.24, 2.45) is 5.84 Å². The second-order valence-corrected chi connectivity index (χ2v) is 2.91. The van der Waals surface area contributed by atoms with E-state index in [1.807, 2.05) is 0 Å². The largest absolute Gasteiger partial charge is 0.359 e. The Bertz CT molecular complexity index is 149. The third kappa shape index (κ3) is 2.17. The fourth-order valence-corrected chi connectivity index (χ4v) is 1.39. The summed E-state index contributed by atoms with van der Waals surface area (Å²) in [5.74, 6) is 5.71. The van der Waals surface area contributed by atoms with Gasteiger partial charge in [0.1, 0.15) is 0 Å². The summed E-state index contributed by atoms with van der Waals surface area (Å²) in [7, 11) is 1.65. The van der Waals surface area contributed by atoms with Gasteiger partial charge in [-0.25, -0.2) is 5.01 Å². The normalized spacial score (nSPS) is 25.5. The summed E-state index contributed by atoms with van der Waals surface area (Å²) < 4.78 is 0. The number of nitrogens with two attached hydrogens (primary N) is 1. The summed E-state index contributed by atoms with van der Waals surface area (Å²) in [4.78, 5) is 10.9. The SMILES string of the molecule is CNC(=O)CC1CCCN1N. The van der Waals surface area contributed by atoms with E-state index in [9.17, 15) is 4.79 Å². The van der Waals surface area contributed by atoms with Crippen molar-refractivity contribution < 1.29 is 4.79 Å². The summed E-state index contributed by atoms with van der Waals surface area (Å²) in [5.41, 5.74) is 0. The highest BCUT2D eigenvalue weighted by Gasteiger charge is 2.23. The minimum absolute atomic E-state index is 0.0763. The number of carbonyl (C=O) groups is 1. The van der Waals surface area contributed by atoms with E-state index in [1.165, 1.54) is 0 Å². The van der Waals surface area contributed by atoms with E-state index in [1.54, 1.807) is 12.1 Å². The maximum atomic E-state index is 10.9. The highest BCUT2D eigenvalue weighted by Crippen LogP contribution is 2.15. The van der Waals surface area contributed by atoms with Crippen molar-refractivity contribution in [1.29, 1.82) is 0 Å². The van der Waals surface area contributed by atoms with Gasteiger partial charge in [0, 0.05) is 26.1 Å². The number of hydrogen-bond acceptors (Lipinski definition) is 3. The van der Waals surface area contributed by atoms with E-state index in [2.05, 4.69) is 5.32 Å². The van der Waals surface area contributed by atoms with Gasteiger partial charge in [-0.05, 0) is 12.8 Å². The van der Waals surface area contributed by atoms with Crippen LogP contribution in [0.4, 0.5) is 0 Å². The maximum Gasteiger partial charge on any atom is 0.221 e. The lowest BCUT2D eigenvalue weighted by Gasteiger charge is -2.17. The first kappa shape index (κ1) is 8.49. The predicted molar refractivity (Wildman–Crippen MR) is 42.6 cm³/mol. The minimum Gasteiger partial charge on any atom is -0.359 e. The van der Waals surface area contributed by atoms with E-state index >= 15 is 0 Å². The molecule has 1 heterocycles. The first-order valence-corrected chi connectivity index (χ1v) is 3.96. The summed E-state index contributed by atoms with van der Waals surface area (Å²) in [6.07, 6.45) is 2.69. The molecule has 0 aromatic carbocycles. The standard InChI is InChI=1S/C7H15N3O/c1-9-7(11)5-6-3-2-4-10(6)8/h6H,2-5,8H2,1H3,(H,9,11). The Morgan fingerprint density at radius 3 is 3.00 bits per heavy atom. The van der Waals surface area contributed by atoms with Crippen molar-refractivity contribution in [1.82, 2.24) is 10.3 Å². The lowest BCUT2D eigenvalue weighted by Crippen LogP contribution is -2.38. The van der Waals surface area contributed by atoms with Crippen LogP contribution in [0.2, 0.25) is 0 Å². The second-order valence-electron chi connectivity index (χ2n) is 2.91. The van der Waals surface area contributed by atoms with E-state index in [4.69, 9.17) is 5.84 Å². The monoisotopic (exact) mass is 157 g/mol. The molecule has 11 heavy (non-hydrogen) atoms. The van der Waals surface area contributed by atoms with Gasteiger partial charge in [-0.1, -0.05) is 0 Å². The van der Waals surface area contributed by atoms with Gasteiger partial charge in [0.15, 0.2) is 0 Å². The van der Waals surface area contributed by atoms with Crippen molar-refractivity contribution in [3.63, 3.8) is 0 Å². The quantitative estimate of drug-likeness (QED) is 0.529. The van der Waals surface area contributed by atoms with Crippen LogP contribution in [0.3, 0.4) is 0 Å². The summed E-state index contributed by atoms with van der Waals surface area (Å²) >= 11 is 0. The molecule has 1 rings (SSSR count). The molecule has 0 saturated carbocycles. The first-order valence-electron chi connectivity index (χ1n) is 3.96. The van der Waals surface area contributed by atoms with E-state index < -0.39 is 0 Å². The average molecular weight is 157 g/mol. The zero-order valence-electron chi connectivity index (χ0n) is 6.84. The molecule has 4 heteroatoms. The number of nitrogens with zero attached hydrogens (tertiary/aromatic N) is 1. The fraction of sp³-hybridized carbons (Fsp3) is 0.857. The van der Waals surface area contributed by atoms with Crippen LogP contribution < -0.4 is 11.2 Å². The van der Waals surface area contributed by atoms with Crippen LogP contribution in [0, 0.1) is 0 Å². The topological polar surface area (TPSA) is 58.4 Å². The highest BCUT2D eigenvalue weighted by molar-refractivity contribution is 5.76. The van der Waals surface area contributed by atoms with Gasteiger partial charge in [0.2, 0.25) is 5.91 Å². The molecule has 0 bridgehead atoms. The van der Waals surface area contributed by atoms with Crippen molar-refractivity contribution in [3.8, 4) is 0 Å². The number of hydrazine groups is 1. The Morgan fingerprint density at radius 1 is 1.82 bits per heavy atom. The lowest BCUT2D eigenvalue weighted by atomic mass is 10.1. The average Bonchev–Trinajstić information content (AvgIpc) is 2.37. The molecule has 0 aromatic heterocycles. The summed E-state index contributed by atoms with van der Waals surface area (Å²) in [6.45, 7) is 0.918. The van der Waals surface area contributed by atoms with Gasteiger partial charge in [0.25, 0.3) is 0 Å². The van der Waals surface area contributed by atoms with Crippen LogP contribution in [0.15, 0.2) is 0 Å². The zero-order chi connectivity index (χ0) is 8.27. The molecule has 1 unspecified atom stereocenters. The molecule has 1 atom stereocenters. The van der Waals surface area contributed by atoms with Gasteiger partial charge in [0.05, 0.1) is 0 Å². The lowest BCUT2D eigenvalue weighted by molar-refractivity contribution is -0.121. The smallest absolute Gasteiger partial charge is 0.221 e.